The highest BCUT2D eigenvalue weighted by Crippen LogP contribution is 2.04. The van der Waals surface area contributed by atoms with Gasteiger partial charge in [0.2, 0.25) is 0 Å². The predicted octanol–water partition coefficient (Wildman–Crippen LogP) is 4.74. The Kier molecular flexibility index (Phi) is 58.0. The molecule has 11 aliphatic rings. The molecule has 0 unspecified atom stereocenters. The zero-order chi connectivity index (χ0) is 46.7. The molecule has 0 atom stereocenters. The number of thioether (sulfide) groups is 1. The first-order valence-corrected chi connectivity index (χ1v) is 29.1. The summed E-state index contributed by atoms with van der Waals surface area (Å²) in [5, 5.41) is 38.9. The first-order valence-electron chi connectivity index (χ1n) is 27.9. The van der Waals surface area contributed by atoms with E-state index >= 15 is 0 Å². The van der Waals surface area contributed by atoms with Crippen LogP contribution in [0.5, 0.6) is 0 Å². The highest BCUT2D eigenvalue weighted by Gasteiger charge is 1.98. The number of hydrogen-bond acceptors (Lipinski definition) is 14. The minimum atomic E-state index is 0.889. The zero-order valence-electron chi connectivity index (χ0n) is 43.1. The van der Waals surface area contributed by atoms with Crippen LogP contribution in [0.2, 0.25) is 0 Å². The summed E-state index contributed by atoms with van der Waals surface area (Å²) in [6, 6.07) is 0. The molecule has 9 saturated heterocycles. The van der Waals surface area contributed by atoms with Crippen LogP contribution in [0.15, 0.2) is 24.3 Å². The number of morpholine rings is 1. The van der Waals surface area contributed by atoms with E-state index in [1.807, 2.05) is 11.8 Å². The van der Waals surface area contributed by atoms with Crippen molar-refractivity contribution in [1.82, 2.24) is 63.8 Å². The van der Waals surface area contributed by atoms with Crippen LogP contribution in [0.25, 0.3) is 0 Å². The third-order valence-corrected chi connectivity index (χ3v) is 12.7. The van der Waals surface area contributed by atoms with Gasteiger partial charge in [-0.1, -0.05) is 75.7 Å². The number of nitrogens with one attached hydrogen (secondary N) is 12. The summed E-state index contributed by atoms with van der Waals surface area (Å²) in [7, 11) is 0. The summed E-state index contributed by atoms with van der Waals surface area (Å²) in [6.07, 6.45) is 36.6. The smallest absolute Gasteiger partial charge is 0.0591 e. The molecule has 0 bridgehead atoms. The van der Waals surface area contributed by atoms with Crippen molar-refractivity contribution in [1.29, 1.82) is 0 Å². The van der Waals surface area contributed by atoms with E-state index in [-0.39, 0.29) is 0 Å². The number of piperazine rings is 1. The van der Waals surface area contributed by atoms with Crippen LogP contribution in [0.3, 0.4) is 0 Å². The molecule has 66 heavy (non-hydrogen) atoms. The van der Waals surface area contributed by atoms with Gasteiger partial charge in [-0.05, 0) is 162 Å². The van der Waals surface area contributed by atoms with Crippen LogP contribution >= 0.6 is 11.8 Å². The lowest BCUT2D eigenvalue weighted by Gasteiger charge is -2.11. The normalized spacial score (nSPS) is 23.5. The first kappa shape index (κ1) is 63.3. The Morgan fingerprint density at radius 3 is 0.667 bits per heavy atom. The second-order valence-electron chi connectivity index (χ2n) is 18.0. The summed E-state index contributed by atoms with van der Waals surface area (Å²) < 4.78 is 5.01. The Morgan fingerprint density at radius 1 is 0.227 bits per heavy atom. The average molecular weight is 954 g/mol. The molecule has 11 aliphatic heterocycles. The van der Waals surface area contributed by atoms with E-state index in [4.69, 9.17) is 4.74 Å². The van der Waals surface area contributed by atoms with Crippen molar-refractivity contribution in [2.24, 2.45) is 0 Å². The molecule has 11 rings (SSSR count). The van der Waals surface area contributed by atoms with Crippen molar-refractivity contribution in [3.05, 3.63) is 24.3 Å². The van der Waals surface area contributed by atoms with Gasteiger partial charge in [0, 0.05) is 83.5 Å². The van der Waals surface area contributed by atoms with Gasteiger partial charge in [-0.3, -0.25) is 0 Å². The van der Waals surface area contributed by atoms with Crippen molar-refractivity contribution >= 4 is 11.8 Å². The summed E-state index contributed by atoms with van der Waals surface area (Å²) in [5.74, 6) is 2.61. The Labute approximate surface area is 413 Å². The van der Waals surface area contributed by atoms with Crippen LogP contribution in [0.4, 0.5) is 0 Å². The molecule has 11 heterocycles. The lowest BCUT2D eigenvalue weighted by molar-refractivity contribution is 0.109. The molecule has 0 aromatic carbocycles. The lowest BCUT2D eigenvalue weighted by atomic mass is 10.1. The van der Waals surface area contributed by atoms with Crippen molar-refractivity contribution < 1.29 is 4.74 Å². The molecule has 0 aromatic heterocycles. The minimum Gasteiger partial charge on any atom is -0.379 e. The summed E-state index contributed by atoms with van der Waals surface area (Å²) >= 11 is 2.03. The maximum atomic E-state index is 5.01. The van der Waals surface area contributed by atoms with E-state index in [0.717, 1.165) is 78.7 Å². The average Bonchev–Trinajstić information content (AvgIpc) is 4.05. The van der Waals surface area contributed by atoms with E-state index in [2.05, 4.69) is 88.1 Å². The van der Waals surface area contributed by atoms with E-state index in [1.54, 1.807) is 0 Å². The maximum Gasteiger partial charge on any atom is 0.0591 e. The molecule has 0 spiro atoms. The summed E-state index contributed by atoms with van der Waals surface area (Å²) in [4.78, 5) is 0. The van der Waals surface area contributed by atoms with Crippen molar-refractivity contribution in [3.63, 3.8) is 0 Å². The van der Waals surface area contributed by atoms with E-state index in [9.17, 15) is 0 Å². The fourth-order valence-corrected chi connectivity index (χ4v) is 8.12. The van der Waals surface area contributed by atoms with Gasteiger partial charge in [0.15, 0.2) is 0 Å². The van der Waals surface area contributed by atoms with Crippen LogP contribution in [-0.4, -0.2) is 182 Å². The van der Waals surface area contributed by atoms with Gasteiger partial charge in [0.25, 0.3) is 0 Å². The van der Waals surface area contributed by atoms with Gasteiger partial charge in [0.05, 0.1) is 13.2 Å². The van der Waals surface area contributed by atoms with Gasteiger partial charge in [-0.25, -0.2) is 0 Å². The number of ether oxygens (including phenoxy) is 1. The van der Waals surface area contributed by atoms with Gasteiger partial charge in [-0.15, -0.1) is 0 Å². The molecule has 0 saturated carbocycles. The number of hydrogen-bond donors (Lipinski definition) is 12. The third kappa shape index (κ3) is 57.6. The van der Waals surface area contributed by atoms with Gasteiger partial charge >= 0.3 is 0 Å². The summed E-state index contributed by atoms with van der Waals surface area (Å²) in [5.41, 5.74) is 0. The fourth-order valence-electron chi connectivity index (χ4n) is 7.34. The Morgan fingerprint density at radius 2 is 0.500 bits per heavy atom. The first-order chi connectivity index (χ1) is 33.0. The lowest BCUT2D eigenvalue weighted by Crippen LogP contribution is -2.39. The standard InChI is InChI=1S/C7H15N.2C6H13N.C5H11N.C5H9N.C4H10N2.C4H9NO.C4H9NS.C4H9N.C4H7N.C3H7N/c1-2-4-6-8-7-5-3-1;2*1-2-4-6-7-5-3-1;2*1-2-4-6-5-3-1;1-2-6-4-3-5-1;2*1-3-6-4-2-5-1;2*1-2-4-5-3-1;1-2-4-3-1/h8H,1-7H2;2*7H,1-6H2;6H,1-5H2;1-2,6H,3-5H2;5-6H,1-4H2;2*5H,1-4H2;5H,1-4H2;1-2,5H,3-4H2;4H,1-3H2. The van der Waals surface area contributed by atoms with Crippen molar-refractivity contribution in [2.75, 3.05) is 182 Å². The Balaban J connectivity index is 0.000000364. The molecule has 13 nitrogen and oxygen atoms in total. The Hall–Kier alpha value is -0.690. The van der Waals surface area contributed by atoms with Gasteiger partial charge in [0.1, 0.15) is 0 Å². The topological polar surface area (TPSA) is 154 Å². The largest absolute Gasteiger partial charge is 0.379 e. The second kappa shape index (κ2) is 60.4. The van der Waals surface area contributed by atoms with Crippen molar-refractivity contribution in [3.8, 4) is 0 Å². The monoisotopic (exact) mass is 953 g/mol. The molecular formula is C52H112N12OS. The van der Waals surface area contributed by atoms with E-state index in [0.29, 0.717) is 0 Å². The molecule has 14 heteroatoms. The fraction of sp³-hybridized carbons (Fsp3) is 0.923. The van der Waals surface area contributed by atoms with Crippen LogP contribution in [-0.2, 0) is 4.74 Å². The highest BCUT2D eigenvalue weighted by atomic mass is 32.2. The minimum absolute atomic E-state index is 0.889. The molecule has 12 N–H and O–H groups in total. The third-order valence-electron chi connectivity index (χ3n) is 11.8. The zero-order valence-corrected chi connectivity index (χ0v) is 43.9. The molecule has 9 fully saturated rings. The van der Waals surface area contributed by atoms with Gasteiger partial charge < -0.3 is 68.5 Å². The predicted molar refractivity (Wildman–Crippen MR) is 293 cm³/mol. The van der Waals surface area contributed by atoms with E-state index < -0.39 is 0 Å². The number of rotatable bonds is 0. The van der Waals surface area contributed by atoms with Crippen molar-refractivity contribution in [2.45, 2.75) is 128 Å². The van der Waals surface area contributed by atoms with Crippen LogP contribution in [0, 0.1) is 0 Å². The molecule has 392 valence electrons. The number of piperidine rings is 1. The van der Waals surface area contributed by atoms with E-state index in [1.165, 1.54) is 232 Å². The Bertz CT molecular complexity index is 719. The molecular weight excluding hydrogens is 841 g/mol. The van der Waals surface area contributed by atoms with Gasteiger partial charge in [-0.2, -0.15) is 11.8 Å². The summed E-state index contributed by atoms with van der Waals surface area (Å²) in [6.45, 7) is 30.2. The molecule has 0 amide bonds. The molecule has 0 aromatic rings. The highest BCUT2D eigenvalue weighted by molar-refractivity contribution is 7.99. The molecule has 0 aliphatic carbocycles. The SMILES string of the molecule is C1=CCNC1.C1=CCNCC1.C1CCCNCC1.C1CCCNCC1.C1CCCNCCC1.C1CCNC1.C1CCNCC1.C1CNC1.C1CNCCN1.C1COCCN1.C1CSCCN1. The van der Waals surface area contributed by atoms with Crippen LogP contribution < -0.4 is 63.8 Å². The quantitative estimate of drug-likeness (QED) is 0.152. The maximum absolute atomic E-state index is 5.01. The second-order valence-corrected chi connectivity index (χ2v) is 19.3. The molecule has 0 radical (unpaired) electrons. The van der Waals surface area contributed by atoms with Crippen LogP contribution in [0.1, 0.15) is 128 Å².